The molecule has 4 heterocycles. The van der Waals surface area contributed by atoms with Gasteiger partial charge in [0.2, 0.25) is 18.1 Å². The minimum Gasteiger partial charge on any atom is -0.505 e. The van der Waals surface area contributed by atoms with E-state index in [0.717, 1.165) is 38.6 Å². The number of cyclic esters (lactones) is 4. The standard InChI is InChI=1S/C31H43N3O10.C26H36N2O9.C6H10ClNO/c1-6-7-10-21-26(43-24(36)15-17(2)3)19(5)42-31(40)25(18(4)41-29(21)38)34-28(37)20-11-8-12-22(33-16-35)27(20)44-30(39)23-13-9-14-32-23;1-6-7-9-18-23(37-20(30)12-14(2)3)16(5)36-26(34)21(15(4)35-25(18)33)28-24(32)17-10-8-11-19(22(17)31)27-13-29;1-8-4-2-3-5(8)6(7)9/h8,11-12,16-19,21,23,25-26,32H,6-7,9-10,13-15H2,1-5H3,(H,33,35)(H,34,37);8,10-11,13-16,18,21,23,31H,6-7,9,12H2,1-5H3,(H,27,29)(H,28,32);5H,2-4H2,1H3/t18?,19?,21?,23-,25?,26?;;5-/m0.0/s1. The number of unbranched alkanes of at least 4 members (excludes halogenated alkanes) is 2. The van der Waals surface area contributed by atoms with Crippen molar-refractivity contribution in [2.24, 2.45) is 23.7 Å². The molecule has 4 saturated heterocycles. The molecule has 0 aromatic heterocycles. The molecular weight excluding hydrogens is 1200 g/mol. The molecule has 90 heavy (non-hydrogen) atoms. The Balaban J connectivity index is 0.000000340. The van der Waals surface area contributed by atoms with Crippen LogP contribution in [0.3, 0.4) is 0 Å². The number of para-hydroxylation sites is 2. The number of nitrogens with one attached hydrogen (secondary N) is 5. The molecule has 4 aliphatic rings. The first-order valence-corrected chi connectivity index (χ1v) is 31.1. The average molecular weight is 1290 g/mol. The number of carbonyl (C=O) groups excluding carboxylic acids is 12. The average Bonchev–Trinajstić information content (AvgIpc) is 1.63. The number of hydrogen-bond donors (Lipinski definition) is 6. The van der Waals surface area contributed by atoms with Crippen LogP contribution < -0.4 is 31.3 Å². The number of benzene rings is 2. The summed E-state index contributed by atoms with van der Waals surface area (Å²) in [5.41, 5.74) is -0.303. The van der Waals surface area contributed by atoms with Crippen LogP contribution in [0.4, 0.5) is 11.4 Å². The predicted molar refractivity (Wildman–Crippen MR) is 327 cm³/mol. The molecule has 0 saturated carbocycles. The number of anilines is 2. The van der Waals surface area contributed by atoms with Crippen LogP contribution in [0.25, 0.3) is 0 Å². The fourth-order valence-electron chi connectivity index (χ4n) is 10.4. The van der Waals surface area contributed by atoms with Crippen molar-refractivity contribution in [2.75, 3.05) is 30.8 Å². The number of phenols is 1. The Morgan fingerprint density at radius 1 is 0.667 bits per heavy atom. The third-order valence-corrected chi connectivity index (χ3v) is 15.5. The second-order valence-electron chi connectivity index (χ2n) is 23.5. The number of halogens is 1. The Labute approximate surface area is 529 Å². The van der Waals surface area contributed by atoms with E-state index in [1.807, 2.05) is 53.5 Å². The van der Waals surface area contributed by atoms with E-state index in [1.54, 1.807) is 0 Å². The van der Waals surface area contributed by atoms with Gasteiger partial charge >= 0.3 is 41.8 Å². The van der Waals surface area contributed by atoms with Gasteiger partial charge < -0.3 is 64.8 Å². The first kappa shape index (κ1) is 74.8. The van der Waals surface area contributed by atoms with E-state index in [1.165, 1.54) is 64.1 Å². The smallest absolute Gasteiger partial charge is 0.332 e. The molecule has 0 aliphatic carbocycles. The van der Waals surface area contributed by atoms with E-state index in [2.05, 4.69) is 26.6 Å². The molecule has 27 heteroatoms. The number of rotatable bonds is 23. The Kier molecular flexibility index (Phi) is 30.6. The highest BCUT2D eigenvalue weighted by Gasteiger charge is 2.46. The maximum atomic E-state index is 13.6. The topological polar surface area (TPSA) is 353 Å². The fraction of sp³-hybridized carbons (Fsp3) is 0.619. The van der Waals surface area contributed by atoms with Gasteiger partial charge in [0.25, 0.3) is 11.8 Å². The Hall–Kier alpha value is -7.71. The van der Waals surface area contributed by atoms with Gasteiger partial charge in [0, 0.05) is 12.8 Å². The van der Waals surface area contributed by atoms with E-state index in [-0.39, 0.29) is 64.2 Å². The fourth-order valence-corrected chi connectivity index (χ4v) is 10.7. The van der Waals surface area contributed by atoms with Crippen LogP contribution in [0.1, 0.15) is 167 Å². The van der Waals surface area contributed by atoms with Gasteiger partial charge in [-0.25, -0.2) is 14.4 Å². The lowest BCUT2D eigenvalue weighted by Crippen LogP contribution is -2.50. The monoisotopic (exact) mass is 1280 g/mol. The van der Waals surface area contributed by atoms with E-state index >= 15 is 0 Å². The molecule has 4 amide bonds. The molecule has 498 valence electrons. The van der Waals surface area contributed by atoms with Gasteiger partial charge in [0.05, 0.1) is 40.4 Å². The molecule has 2 aromatic rings. The predicted octanol–water partition coefficient (Wildman–Crippen LogP) is 6.20. The van der Waals surface area contributed by atoms with Crippen LogP contribution in [0.2, 0.25) is 0 Å². The van der Waals surface area contributed by atoms with E-state index in [9.17, 15) is 62.6 Å². The maximum absolute atomic E-state index is 13.6. The molecule has 0 spiro atoms. The van der Waals surface area contributed by atoms with Crippen LogP contribution in [0, 0.1) is 23.7 Å². The number of phenolic OH excluding ortho intramolecular Hbond substituents is 1. The zero-order chi connectivity index (χ0) is 66.9. The number of likely N-dealkylation sites (tertiary alicyclic amines) is 1. The highest BCUT2D eigenvalue weighted by Crippen LogP contribution is 2.33. The number of aromatic hydroxyl groups is 1. The van der Waals surface area contributed by atoms with Crippen LogP contribution in [0.5, 0.6) is 11.5 Å². The summed E-state index contributed by atoms with van der Waals surface area (Å²) in [5.74, 6) is -8.99. The van der Waals surface area contributed by atoms with Crippen molar-refractivity contribution in [1.82, 2.24) is 20.9 Å². The quantitative estimate of drug-likeness (QED) is 0.0180. The molecule has 26 nitrogen and oxygen atoms in total. The highest BCUT2D eigenvalue weighted by atomic mass is 35.5. The Morgan fingerprint density at radius 3 is 1.53 bits per heavy atom. The van der Waals surface area contributed by atoms with Gasteiger partial charge in [0.15, 0.2) is 35.8 Å². The first-order chi connectivity index (χ1) is 42.7. The third kappa shape index (κ3) is 22.1. The number of carbonyl (C=O) groups is 12. The molecule has 6 N–H and O–H groups in total. The first-order valence-electron chi connectivity index (χ1n) is 30.7. The van der Waals surface area contributed by atoms with Crippen LogP contribution in [-0.2, 0) is 76.4 Å². The summed E-state index contributed by atoms with van der Waals surface area (Å²) in [6.45, 7) is 18.9. The van der Waals surface area contributed by atoms with Crippen molar-refractivity contribution in [3.63, 3.8) is 0 Å². The summed E-state index contributed by atoms with van der Waals surface area (Å²) in [6, 6.07) is 4.93. The van der Waals surface area contributed by atoms with Crippen molar-refractivity contribution >= 4 is 94.6 Å². The van der Waals surface area contributed by atoms with Crippen molar-refractivity contribution in [3.8, 4) is 11.5 Å². The van der Waals surface area contributed by atoms with Crippen molar-refractivity contribution < 1.29 is 95.8 Å². The molecule has 12 atom stereocenters. The number of hydrogen-bond acceptors (Lipinski definition) is 22. The zero-order valence-corrected chi connectivity index (χ0v) is 53.9. The van der Waals surface area contributed by atoms with E-state index < -0.39 is 126 Å². The molecule has 0 bridgehead atoms. The van der Waals surface area contributed by atoms with Crippen LogP contribution in [0.15, 0.2) is 36.4 Å². The van der Waals surface area contributed by atoms with Crippen molar-refractivity contribution in [1.29, 1.82) is 0 Å². The van der Waals surface area contributed by atoms with Gasteiger partial charge in [-0.15, -0.1) is 0 Å². The summed E-state index contributed by atoms with van der Waals surface area (Å²) in [4.78, 5) is 152. The summed E-state index contributed by atoms with van der Waals surface area (Å²) >= 11 is 5.30. The minimum atomic E-state index is -1.46. The molecule has 2 aromatic carbocycles. The number of ether oxygens (including phenoxy) is 7. The number of esters is 7. The summed E-state index contributed by atoms with van der Waals surface area (Å²) in [6.07, 6.45) is 1.32. The minimum absolute atomic E-state index is 0.00221. The number of nitrogens with zero attached hydrogens (tertiary/aromatic N) is 1. The molecule has 6 rings (SSSR count). The van der Waals surface area contributed by atoms with Gasteiger partial charge in [-0.05, 0) is 134 Å². The molecule has 4 fully saturated rings. The lowest BCUT2D eigenvalue weighted by molar-refractivity contribution is -0.176. The Morgan fingerprint density at radius 2 is 1.12 bits per heavy atom. The van der Waals surface area contributed by atoms with Crippen molar-refractivity contribution in [3.05, 3.63) is 47.5 Å². The largest absolute Gasteiger partial charge is 0.505 e. The van der Waals surface area contributed by atoms with Crippen LogP contribution >= 0.6 is 11.6 Å². The van der Waals surface area contributed by atoms with E-state index in [4.69, 9.17) is 44.8 Å². The SMILES string of the molecule is CCCCC1C(=O)OC(C)C(NC(=O)c2cccc(NC=O)c2O)C(=O)OC(C)C1OC(=O)CC(C)C.CCCCC1C(=O)OC(C)C(NC(=O)c2cccc(NC=O)c2OC(=O)[C@@H]2CCCN2)C(=O)OC(C)C1OC(=O)CC(C)C.CN1CCC[C@H]1C(=O)Cl. The lowest BCUT2D eigenvalue weighted by atomic mass is 9.92. The van der Waals surface area contributed by atoms with Crippen molar-refractivity contribution in [2.45, 2.75) is 207 Å². The summed E-state index contributed by atoms with van der Waals surface area (Å²) in [7, 11) is 1.93. The molecule has 10 unspecified atom stereocenters. The normalized spacial score (nSPS) is 25.3. The van der Waals surface area contributed by atoms with Gasteiger partial charge in [0.1, 0.15) is 30.5 Å². The Bertz CT molecular complexity index is 2830. The number of amides is 4. The van der Waals surface area contributed by atoms with Gasteiger partial charge in [-0.3, -0.25) is 48.1 Å². The van der Waals surface area contributed by atoms with E-state index in [0.29, 0.717) is 51.5 Å². The number of likely N-dealkylation sites (N-methyl/N-ethyl adjacent to an activating group) is 1. The third-order valence-electron chi connectivity index (χ3n) is 15.3. The highest BCUT2D eigenvalue weighted by molar-refractivity contribution is 6.64. The van der Waals surface area contributed by atoms with Crippen LogP contribution in [-0.4, -0.2) is 163 Å². The molecular formula is C63H89ClN6O20. The second kappa shape index (κ2) is 36.8. The van der Waals surface area contributed by atoms with Gasteiger partial charge in [-0.1, -0.05) is 79.4 Å². The summed E-state index contributed by atoms with van der Waals surface area (Å²) < 4.78 is 39.4. The molecule has 0 radical (unpaired) electrons. The maximum Gasteiger partial charge on any atom is 0.332 e. The van der Waals surface area contributed by atoms with Gasteiger partial charge in [-0.2, -0.15) is 0 Å². The second-order valence-corrected chi connectivity index (χ2v) is 23.9. The lowest BCUT2D eigenvalue weighted by Gasteiger charge is -2.29. The zero-order valence-electron chi connectivity index (χ0n) is 53.1. The summed E-state index contributed by atoms with van der Waals surface area (Å²) in [5, 5.41) is 22.8. The molecule has 4 aliphatic heterocycles.